The summed E-state index contributed by atoms with van der Waals surface area (Å²) >= 11 is 0. The molecule has 9 rings (SSSR count). The second-order valence-electron chi connectivity index (χ2n) is 12.0. The molecule has 9 aromatic rings. The number of nitrogens with zero attached hydrogens (tertiary/aromatic N) is 3. The molecule has 0 atom stereocenters. The monoisotopic (exact) mass is 631 g/mol. The summed E-state index contributed by atoms with van der Waals surface area (Å²) in [5.41, 5.74) is 9.03. The fourth-order valence-electron chi connectivity index (χ4n) is 6.69. The lowest BCUT2D eigenvalue weighted by molar-refractivity contribution is 0.460. The van der Waals surface area contributed by atoms with Crippen LogP contribution in [0.2, 0.25) is 0 Å². The van der Waals surface area contributed by atoms with Crippen LogP contribution in [-0.4, -0.2) is 19.6 Å². The zero-order valence-corrected chi connectivity index (χ0v) is 26.4. The smallest absolute Gasteiger partial charge is 0.219 e. The highest BCUT2D eigenvalue weighted by Gasteiger charge is 2.20. The number of pyridine rings is 2. The molecular formula is C44H29N3O2. The van der Waals surface area contributed by atoms with Crippen molar-refractivity contribution in [3.8, 4) is 56.6 Å². The van der Waals surface area contributed by atoms with Crippen molar-refractivity contribution < 1.29 is 9.84 Å². The molecular weight excluding hydrogens is 603 g/mol. The second-order valence-corrected chi connectivity index (χ2v) is 12.0. The molecule has 1 N–H and O–H groups in total. The summed E-state index contributed by atoms with van der Waals surface area (Å²) < 4.78 is 8.74. The van der Waals surface area contributed by atoms with Crippen molar-refractivity contribution in [3.05, 3.63) is 170 Å². The number of benzene rings is 6. The van der Waals surface area contributed by atoms with Gasteiger partial charge in [0.1, 0.15) is 22.8 Å². The highest BCUT2D eigenvalue weighted by molar-refractivity contribution is 6.16. The van der Waals surface area contributed by atoms with Crippen molar-refractivity contribution in [2.24, 2.45) is 0 Å². The van der Waals surface area contributed by atoms with Gasteiger partial charge in [-0.3, -0.25) is 4.57 Å². The van der Waals surface area contributed by atoms with Crippen molar-refractivity contribution in [1.29, 1.82) is 0 Å². The van der Waals surface area contributed by atoms with Gasteiger partial charge in [0.25, 0.3) is 0 Å². The van der Waals surface area contributed by atoms with Crippen LogP contribution in [0.1, 0.15) is 0 Å². The van der Waals surface area contributed by atoms with E-state index in [4.69, 9.17) is 9.72 Å². The lowest BCUT2D eigenvalue weighted by Gasteiger charge is -2.13. The average molecular weight is 632 g/mol. The maximum atomic E-state index is 10.5. The molecule has 5 heteroatoms. The Hall–Kier alpha value is -6.72. The summed E-state index contributed by atoms with van der Waals surface area (Å²) in [4.78, 5) is 9.71. The van der Waals surface area contributed by atoms with Crippen molar-refractivity contribution >= 4 is 32.7 Å². The first-order chi connectivity index (χ1) is 24.2. The van der Waals surface area contributed by atoms with Crippen molar-refractivity contribution in [2.75, 3.05) is 0 Å². The summed E-state index contributed by atoms with van der Waals surface area (Å²) in [5, 5.41) is 13.6. The lowest BCUT2D eigenvalue weighted by atomic mass is 9.98. The van der Waals surface area contributed by atoms with Gasteiger partial charge in [-0.25, -0.2) is 9.97 Å². The van der Waals surface area contributed by atoms with Gasteiger partial charge in [0.15, 0.2) is 0 Å². The van der Waals surface area contributed by atoms with Gasteiger partial charge in [0.2, 0.25) is 5.88 Å². The van der Waals surface area contributed by atoms with Gasteiger partial charge in [-0.05, 0) is 64.2 Å². The highest BCUT2D eigenvalue weighted by Crippen LogP contribution is 2.43. The van der Waals surface area contributed by atoms with Crippen LogP contribution in [0, 0.1) is 0 Å². The number of fused-ring (bicyclic) bond motifs is 4. The summed E-state index contributed by atoms with van der Waals surface area (Å²) in [7, 11) is 0. The van der Waals surface area contributed by atoms with E-state index in [1.54, 1.807) is 6.07 Å². The summed E-state index contributed by atoms with van der Waals surface area (Å²) in [6.45, 7) is 0. The molecule has 0 amide bonds. The molecule has 0 aliphatic carbocycles. The fourth-order valence-corrected chi connectivity index (χ4v) is 6.69. The topological polar surface area (TPSA) is 60.2 Å². The first kappa shape index (κ1) is 28.5. The Bertz CT molecular complexity index is 2620. The summed E-state index contributed by atoms with van der Waals surface area (Å²) in [5.74, 6) is 1.94. The van der Waals surface area contributed by atoms with E-state index in [2.05, 4.69) is 113 Å². The van der Waals surface area contributed by atoms with Crippen LogP contribution >= 0.6 is 0 Å². The van der Waals surface area contributed by atoms with Crippen LogP contribution in [0.5, 0.6) is 17.4 Å². The third kappa shape index (κ3) is 5.14. The summed E-state index contributed by atoms with van der Waals surface area (Å²) in [6.07, 6.45) is 1.94. The molecule has 49 heavy (non-hydrogen) atoms. The van der Waals surface area contributed by atoms with Crippen LogP contribution in [0.15, 0.2) is 170 Å². The van der Waals surface area contributed by atoms with E-state index >= 15 is 0 Å². The van der Waals surface area contributed by atoms with Gasteiger partial charge in [-0.2, -0.15) is 0 Å². The van der Waals surface area contributed by atoms with Gasteiger partial charge < -0.3 is 9.84 Å². The Morgan fingerprint density at radius 3 is 1.94 bits per heavy atom. The number of hydrogen-bond donors (Lipinski definition) is 1. The molecule has 6 aromatic carbocycles. The van der Waals surface area contributed by atoms with Gasteiger partial charge in [-0.15, -0.1) is 0 Å². The Labute approximate surface area is 283 Å². The van der Waals surface area contributed by atoms with E-state index in [-0.39, 0.29) is 5.75 Å². The second kappa shape index (κ2) is 11.8. The molecule has 0 aliphatic rings. The molecule has 232 valence electrons. The van der Waals surface area contributed by atoms with Gasteiger partial charge in [0.05, 0.1) is 11.0 Å². The van der Waals surface area contributed by atoms with Gasteiger partial charge >= 0.3 is 0 Å². The molecule has 0 spiro atoms. The number of hydrogen-bond acceptors (Lipinski definition) is 4. The normalized spacial score (nSPS) is 11.3. The lowest BCUT2D eigenvalue weighted by Crippen LogP contribution is -1.98. The van der Waals surface area contributed by atoms with Gasteiger partial charge in [-0.1, -0.05) is 115 Å². The molecule has 0 unspecified atom stereocenters. The summed E-state index contributed by atoms with van der Waals surface area (Å²) in [6, 6.07) is 55.2. The predicted molar refractivity (Wildman–Crippen MR) is 198 cm³/mol. The molecule has 3 aromatic heterocycles. The standard InChI is InChI=1S/C44H29N3O2/c48-40-18-10-17-32-21-24-42(46-44(32)40)49-35-26-37(31-15-8-3-9-16-31)43-36-22-19-33(29-11-4-1-5-12-29)25-38(36)47(39(43)27-35)41-23-20-34(28-45-41)30-13-6-2-7-14-30/h1-28,48H. The predicted octanol–water partition coefficient (Wildman–Crippen LogP) is 11.2. The Morgan fingerprint density at radius 2 is 1.22 bits per heavy atom. The van der Waals surface area contributed by atoms with Crippen LogP contribution in [-0.2, 0) is 0 Å². The molecule has 3 heterocycles. The maximum Gasteiger partial charge on any atom is 0.219 e. The minimum Gasteiger partial charge on any atom is -0.506 e. The molecule has 0 bridgehead atoms. The number of para-hydroxylation sites is 1. The zero-order valence-electron chi connectivity index (χ0n) is 26.4. The highest BCUT2D eigenvalue weighted by atomic mass is 16.5. The van der Waals surface area contributed by atoms with E-state index in [9.17, 15) is 5.11 Å². The maximum absolute atomic E-state index is 10.5. The van der Waals surface area contributed by atoms with Crippen molar-refractivity contribution in [2.45, 2.75) is 0 Å². The third-order valence-electron chi connectivity index (χ3n) is 9.01. The number of aromatic hydroxyl groups is 1. The number of aromatic nitrogens is 3. The minimum absolute atomic E-state index is 0.114. The molecule has 0 radical (unpaired) electrons. The Morgan fingerprint density at radius 1 is 0.531 bits per heavy atom. The van der Waals surface area contributed by atoms with E-state index in [0.717, 1.165) is 66.4 Å². The van der Waals surface area contributed by atoms with Gasteiger partial charge in [0, 0.05) is 40.1 Å². The molecule has 0 saturated carbocycles. The van der Waals surface area contributed by atoms with E-state index in [1.807, 2.05) is 60.8 Å². The molecule has 0 fully saturated rings. The quantitative estimate of drug-likeness (QED) is 0.198. The number of rotatable bonds is 6. The Balaban J connectivity index is 1.30. The fraction of sp³-hybridized carbons (Fsp3) is 0. The molecule has 5 nitrogen and oxygen atoms in total. The SMILES string of the molecule is Oc1cccc2ccc(Oc3cc(-c4ccccc4)c4c5ccc(-c6ccccc6)cc5n(-c5ccc(-c6ccccc6)cn5)c4c3)nc12. The Kier molecular flexibility index (Phi) is 6.87. The van der Waals surface area contributed by atoms with Crippen LogP contribution in [0.4, 0.5) is 0 Å². The number of phenolic OH excluding ortho intramolecular Hbond substituents is 1. The van der Waals surface area contributed by atoms with Crippen molar-refractivity contribution in [1.82, 2.24) is 14.5 Å². The van der Waals surface area contributed by atoms with Crippen LogP contribution in [0.3, 0.4) is 0 Å². The number of ether oxygens (including phenoxy) is 1. The van der Waals surface area contributed by atoms with E-state index in [0.29, 0.717) is 17.1 Å². The van der Waals surface area contributed by atoms with E-state index < -0.39 is 0 Å². The number of phenols is 1. The van der Waals surface area contributed by atoms with Crippen molar-refractivity contribution in [3.63, 3.8) is 0 Å². The third-order valence-corrected chi connectivity index (χ3v) is 9.01. The van der Waals surface area contributed by atoms with Crippen LogP contribution < -0.4 is 4.74 Å². The van der Waals surface area contributed by atoms with Crippen LogP contribution in [0.25, 0.3) is 71.9 Å². The zero-order chi connectivity index (χ0) is 32.7. The molecule has 0 saturated heterocycles. The average Bonchev–Trinajstić information content (AvgIpc) is 3.49. The largest absolute Gasteiger partial charge is 0.506 e. The van der Waals surface area contributed by atoms with E-state index in [1.165, 1.54) is 0 Å². The molecule has 0 aliphatic heterocycles. The minimum atomic E-state index is 0.114. The first-order valence-electron chi connectivity index (χ1n) is 16.2. The first-order valence-corrected chi connectivity index (χ1v) is 16.2.